The van der Waals surface area contributed by atoms with Gasteiger partial charge in [0.05, 0.1) is 18.1 Å². The lowest BCUT2D eigenvalue weighted by molar-refractivity contribution is -0.241. The number of fused-ring (bicyclic) bond motifs is 2. The summed E-state index contributed by atoms with van der Waals surface area (Å²) in [4.78, 5) is 12.5. The van der Waals surface area contributed by atoms with Gasteiger partial charge >= 0.3 is 5.97 Å². The zero-order valence-electron chi connectivity index (χ0n) is 13.6. The first-order valence-electron chi connectivity index (χ1n) is 8.28. The zero-order chi connectivity index (χ0) is 16.3. The van der Waals surface area contributed by atoms with Crippen molar-refractivity contribution in [1.29, 1.82) is 0 Å². The Balaban J connectivity index is 1.56. The van der Waals surface area contributed by atoms with E-state index in [0.717, 1.165) is 0 Å². The highest BCUT2D eigenvalue weighted by molar-refractivity contribution is 5.76. The highest BCUT2D eigenvalue weighted by Crippen LogP contribution is 2.59. The molecule has 0 amide bonds. The van der Waals surface area contributed by atoms with Crippen LogP contribution in [0.4, 0.5) is 0 Å². The lowest BCUT2D eigenvalue weighted by Gasteiger charge is -2.50. The minimum Gasteiger partial charge on any atom is -0.459 e. The predicted molar refractivity (Wildman–Crippen MR) is 74.0 cm³/mol. The predicted octanol–water partition coefficient (Wildman–Crippen LogP) is 0.189. The van der Waals surface area contributed by atoms with Gasteiger partial charge in [-0.1, -0.05) is 0 Å². The van der Waals surface area contributed by atoms with Gasteiger partial charge in [-0.05, 0) is 27.7 Å². The fourth-order valence-corrected chi connectivity index (χ4v) is 5.34. The van der Waals surface area contributed by atoms with E-state index in [1.54, 1.807) is 0 Å². The summed E-state index contributed by atoms with van der Waals surface area (Å²) in [5, 5.41) is 10.8. The second-order valence-electron chi connectivity index (χ2n) is 8.20. The van der Waals surface area contributed by atoms with E-state index >= 15 is 0 Å². The van der Waals surface area contributed by atoms with Crippen LogP contribution in [0.1, 0.15) is 27.7 Å². The number of rotatable bonds is 0. The molecule has 1 N–H and O–H groups in total. The summed E-state index contributed by atoms with van der Waals surface area (Å²) in [6, 6.07) is 0. The van der Waals surface area contributed by atoms with Crippen LogP contribution in [0, 0.1) is 17.8 Å². The number of hydrogen-bond donors (Lipinski definition) is 1. The van der Waals surface area contributed by atoms with Gasteiger partial charge in [0.15, 0.2) is 11.6 Å². The Morgan fingerprint density at radius 1 is 0.783 bits per heavy atom. The normalized spacial score (nSPS) is 57.8. The van der Waals surface area contributed by atoms with E-state index in [0.29, 0.717) is 0 Å². The summed E-state index contributed by atoms with van der Waals surface area (Å²) < 4.78 is 29.4. The van der Waals surface area contributed by atoms with Gasteiger partial charge in [0, 0.05) is 11.8 Å². The van der Waals surface area contributed by atoms with Gasteiger partial charge in [0.25, 0.3) is 0 Å². The maximum Gasteiger partial charge on any atom is 0.312 e. The van der Waals surface area contributed by atoms with Crippen molar-refractivity contribution >= 4 is 5.97 Å². The molecule has 0 unspecified atom stereocenters. The van der Waals surface area contributed by atoms with E-state index in [1.807, 2.05) is 27.7 Å². The highest BCUT2D eigenvalue weighted by atomic mass is 16.8. The summed E-state index contributed by atoms with van der Waals surface area (Å²) in [5.41, 5.74) is 0. The van der Waals surface area contributed by atoms with Crippen LogP contribution in [0.25, 0.3) is 0 Å². The van der Waals surface area contributed by atoms with E-state index in [-0.39, 0.29) is 36.1 Å². The topological polar surface area (TPSA) is 83.5 Å². The van der Waals surface area contributed by atoms with E-state index in [2.05, 4.69) is 0 Å². The number of hydrogen-bond acceptors (Lipinski definition) is 7. The molecule has 6 rings (SSSR count). The molecule has 128 valence electrons. The largest absolute Gasteiger partial charge is 0.459 e. The van der Waals surface area contributed by atoms with Gasteiger partial charge in [0.2, 0.25) is 0 Å². The van der Waals surface area contributed by atoms with Crippen LogP contribution in [-0.2, 0) is 28.5 Å². The van der Waals surface area contributed by atoms with Crippen molar-refractivity contribution in [2.24, 2.45) is 17.8 Å². The molecular weight excluding hydrogens is 304 g/mol. The Labute approximate surface area is 134 Å². The van der Waals surface area contributed by atoms with Crippen molar-refractivity contribution in [3.63, 3.8) is 0 Å². The van der Waals surface area contributed by atoms with Crippen LogP contribution in [0.5, 0.6) is 0 Å². The fourth-order valence-electron chi connectivity index (χ4n) is 5.34. The van der Waals surface area contributed by atoms with Gasteiger partial charge in [-0.25, -0.2) is 0 Å². The summed E-state index contributed by atoms with van der Waals surface area (Å²) in [6.07, 6.45) is -2.70. The molecule has 0 spiro atoms. The van der Waals surface area contributed by atoms with Gasteiger partial charge < -0.3 is 28.8 Å². The van der Waals surface area contributed by atoms with E-state index in [1.165, 1.54) is 0 Å². The molecule has 7 heteroatoms. The third kappa shape index (κ3) is 1.75. The number of aliphatic hydroxyl groups is 1. The summed E-state index contributed by atoms with van der Waals surface area (Å²) in [7, 11) is 0. The molecule has 6 fully saturated rings. The quantitative estimate of drug-likeness (QED) is 0.636. The van der Waals surface area contributed by atoms with Gasteiger partial charge in [-0.2, -0.15) is 0 Å². The van der Waals surface area contributed by atoms with Crippen molar-refractivity contribution in [1.82, 2.24) is 0 Å². The second kappa shape index (κ2) is 4.08. The van der Waals surface area contributed by atoms with Crippen LogP contribution in [0.2, 0.25) is 0 Å². The summed E-state index contributed by atoms with van der Waals surface area (Å²) in [5.74, 6) is -2.67. The van der Waals surface area contributed by atoms with E-state index in [9.17, 15) is 9.90 Å². The maximum atomic E-state index is 12.5. The molecule has 0 aromatic heterocycles. The van der Waals surface area contributed by atoms with Crippen LogP contribution >= 0.6 is 0 Å². The molecular formula is C16H22O7. The molecule has 0 aromatic carbocycles. The Morgan fingerprint density at radius 3 is 2.04 bits per heavy atom. The molecule has 4 aliphatic heterocycles. The third-order valence-electron chi connectivity index (χ3n) is 5.88. The van der Waals surface area contributed by atoms with Gasteiger partial charge in [-0.15, -0.1) is 0 Å². The molecule has 9 atom stereocenters. The lowest BCUT2D eigenvalue weighted by atomic mass is 9.66. The molecule has 2 saturated carbocycles. The summed E-state index contributed by atoms with van der Waals surface area (Å²) in [6.45, 7) is 7.33. The Kier molecular flexibility index (Phi) is 2.59. The van der Waals surface area contributed by atoms with Gasteiger partial charge in [0.1, 0.15) is 24.4 Å². The fraction of sp³-hybridized carbons (Fsp3) is 0.938. The second-order valence-corrected chi connectivity index (χ2v) is 8.20. The molecule has 2 bridgehead atoms. The third-order valence-corrected chi connectivity index (χ3v) is 5.88. The molecule has 4 heterocycles. The molecule has 23 heavy (non-hydrogen) atoms. The van der Waals surface area contributed by atoms with Crippen molar-refractivity contribution < 1.29 is 33.6 Å². The Bertz CT molecular complexity index is 573. The number of carbonyl (C=O) groups is 1. The van der Waals surface area contributed by atoms with Crippen molar-refractivity contribution in [2.75, 3.05) is 0 Å². The molecule has 6 aliphatic rings. The number of carbonyl (C=O) groups excluding carboxylic acids is 1. The molecule has 0 aromatic rings. The molecule has 4 saturated heterocycles. The monoisotopic (exact) mass is 326 g/mol. The van der Waals surface area contributed by atoms with E-state index in [4.69, 9.17) is 23.7 Å². The van der Waals surface area contributed by atoms with Crippen molar-refractivity contribution in [3.05, 3.63) is 0 Å². The number of esters is 1. The lowest BCUT2D eigenvalue weighted by Crippen LogP contribution is -2.65. The first kappa shape index (κ1) is 14.6. The summed E-state index contributed by atoms with van der Waals surface area (Å²) >= 11 is 0. The molecule has 2 aliphatic carbocycles. The minimum atomic E-state index is -0.756. The minimum absolute atomic E-state index is 0.165. The zero-order valence-corrected chi connectivity index (χ0v) is 13.6. The first-order chi connectivity index (χ1) is 10.7. The molecule has 0 radical (unpaired) electrons. The first-order valence-corrected chi connectivity index (χ1v) is 8.28. The van der Waals surface area contributed by atoms with Gasteiger partial charge in [-0.3, -0.25) is 4.79 Å². The average Bonchev–Trinajstić information content (AvgIpc) is 3.00. The molecule has 7 nitrogen and oxygen atoms in total. The Hall–Kier alpha value is -0.730. The van der Waals surface area contributed by atoms with Crippen LogP contribution in [-0.4, -0.2) is 59.3 Å². The maximum absolute atomic E-state index is 12.5. The smallest absolute Gasteiger partial charge is 0.312 e. The number of aliphatic hydroxyl groups excluding tert-OH is 1. The van der Waals surface area contributed by atoms with E-state index < -0.39 is 35.8 Å². The van der Waals surface area contributed by atoms with Crippen LogP contribution in [0.15, 0.2) is 0 Å². The van der Waals surface area contributed by atoms with Crippen LogP contribution < -0.4 is 0 Å². The van der Waals surface area contributed by atoms with Crippen molar-refractivity contribution in [3.8, 4) is 0 Å². The average molecular weight is 326 g/mol. The SMILES string of the molecule is CC1(C)O[C@H]2[C@@H](O1)[C@H]1C(=O)O[C@@H]2[C@H]2[C@@H](O)[C@@H]3OC(C)(C)O[C@@H]3[C@@H]12. The van der Waals surface area contributed by atoms with Crippen molar-refractivity contribution in [2.45, 2.75) is 75.9 Å². The standard InChI is InChI=1S/C16H22O7/c1-15(2)20-10-5-6(8(17)12(10)22-15)9-13-11(7(5)14(18)19-9)21-16(3,4)23-13/h5-13,17H,1-4H3/t5-,6-,7+,8-,9-,10-,11+,12+,13-/m1/s1. The Morgan fingerprint density at radius 2 is 1.35 bits per heavy atom. The highest BCUT2D eigenvalue weighted by Gasteiger charge is 2.74. The van der Waals surface area contributed by atoms with Crippen LogP contribution in [0.3, 0.4) is 0 Å². The number of ether oxygens (including phenoxy) is 5.